The number of hydrogen-bond acceptors (Lipinski definition) is 4. The summed E-state index contributed by atoms with van der Waals surface area (Å²) in [7, 11) is 0. The number of ether oxygens (including phenoxy) is 1. The van der Waals surface area contributed by atoms with Crippen molar-refractivity contribution in [3.8, 4) is 5.88 Å². The van der Waals surface area contributed by atoms with Crippen molar-refractivity contribution in [1.29, 1.82) is 0 Å². The van der Waals surface area contributed by atoms with Crippen molar-refractivity contribution in [2.45, 2.75) is 20.0 Å². The summed E-state index contributed by atoms with van der Waals surface area (Å²) < 4.78 is 5.52. The maximum atomic E-state index is 11.0. The quantitative estimate of drug-likeness (QED) is 0.901. The van der Waals surface area contributed by atoms with E-state index in [4.69, 9.17) is 9.84 Å². The zero-order valence-corrected chi connectivity index (χ0v) is 10.7. The molecule has 0 saturated heterocycles. The molecule has 0 fully saturated rings. The van der Waals surface area contributed by atoms with Gasteiger partial charge in [0.2, 0.25) is 5.88 Å². The molecule has 0 aliphatic heterocycles. The standard InChI is InChI=1S/C13H13NO3S/c1-2-10-6-9(13(15)16)7-12(14-10)17-8-11-4-3-5-18-11/h3-7H,2,8H2,1H3,(H,15,16). The summed E-state index contributed by atoms with van der Waals surface area (Å²) in [5, 5.41) is 11.0. The van der Waals surface area contributed by atoms with Gasteiger partial charge in [-0.2, -0.15) is 0 Å². The summed E-state index contributed by atoms with van der Waals surface area (Å²) in [6.45, 7) is 2.34. The lowest BCUT2D eigenvalue weighted by Crippen LogP contribution is -2.03. The van der Waals surface area contributed by atoms with Crippen LogP contribution in [0.1, 0.15) is 27.9 Å². The number of carboxylic acid groups (broad SMARTS) is 1. The number of pyridine rings is 1. The van der Waals surface area contributed by atoms with E-state index in [0.29, 0.717) is 18.9 Å². The fourth-order valence-corrected chi connectivity index (χ4v) is 2.09. The molecule has 0 unspecified atom stereocenters. The second kappa shape index (κ2) is 5.64. The number of thiophene rings is 1. The molecule has 0 aliphatic rings. The average Bonchev–Trinajstić information content (AvgIpc) is 2.89. The third kappa shape index (κ3) is 3.07. The first-order chi connectivity index (χ1) is 8.69. The Balaban J connectivity index is 2.16. The molecule has 0 spiro atoms. The molecular weight excluding hydrogens is 250 g/mol. The van der Waals surface area contributed by atoms with Gasteiger partial charge in [-0.1, -0.05) is 13.0 Å². The van der Waals surface area contributed by atoms with Crippen LogP contribution in [0.2, 0.25) is 0 Å². The van der Waals surface area contributed by atoms with Crippen LogP contribution in [0.4, 0.5) is 0 Å². The van der Waals surface area contributed by atoms with Crippen LogP contribution in [-0.4, -0.2) is 16.1 Å². The maximum Gasteiger partial charge on any atom is 0.335 e. The zero-order valence-electron chi connectivity index (χ0n) is 9.92. The molecule has 2 heterocycles. The summed E-state index contributed by atoms with van der Waals surface area (Å²) in [6, 6.07) is 6.93. The summed E-state index contributed by atoms with van der Waals surface area (Å²) in [4.78, 5) is 16.3. The number of rotatable bonds is 5. The third-order valence-electron chi connectivity index (χ3n) is 2.41. The van der Waals surface area contributed by atoms with E-state index in [0.717, 1.165) is 10.6 Å². The Labute approximate surface area is 109 Å². The van der Waals surface area contributed by atoms with Gasteiger partial charge in [-0.05, 0) is 23.9 Å². The van der Waals surface area contributed by atoms with Gasteiger partial charge in [0.25, 0.3) is 0 Å². The lowest BCUT2D eigenvalue weighted by Gasteiger charge is -2.07. The van der Waals surface area contributed by atoms with E-state index < -0.39 is 5.97 Å². The van der Waals surface area contributed by atoms with Crippen LogP contribution in [0.5, 0.6) is 5.88 Å². The Hall–Kier alpha value is -1.88. The van der Waals surface area contributed by atoms with Gasteiger partial charge in [-0.25, -0.2) is 9.78 Å². The minimum atomic E-state index is -0.965. The minimum Gasteiger partial charge on any atom is -0.478 e. The van der Waals surface area contributed by atoms with Crippen LogP contribution in [-0.2, 0) is 13.0 Å². The van der Waals surface area contributed by atoms with Crippen LogP contribution < -0.4 is 4.74 Å². The summed E-state index contributed by atoms with van der Waals surface area (Å²) >= 11 is 1.59. The van der Waals surface area contributed by atoms with E-state index >= 15 is 0 Å². The normalized spacial score (nSPS) is 10.3. The van der Waals surface area contributed by atoms with E-state index in [-0.39, 0.29) is 5.56 Å². The van der Waals surface area contributed by atoms with Gasteiger partial charge in [-0.3, -0.25) is 0 Å². The second-order valence-electron chi connectivity index (χ2n) is 3.71. The van der Waals surface area contributed by atoms with Crippen molar-refractivity contribution < 1.29 is 14.6 Å². The SMILES string of the molecule is CCc1cc(C(=O)O)cc(OCc2cccs2)n1. The third-order valence-corrected chi connectivity index (χ3v) is 3.26. The van der Waals surface area contributed by atoms with E-state index in [2.05, 4.69) is 4.98 Å². The summed E-state index contributed by atoms with van der Waals surface area (Å²) in [6.07, 6.45) is 0.677. The van der Waals surface area contributed by atoms with Crippen LogP contribution in [0.3, 0.4) is 0 Å². The van der Waals surface area contributed by atoms with E-state index in [1.807, 2.05) is 24.4 Å². The molecule has 5 heteroatoms. The van der Waals surface area contributed by atoms with Crippen molar-refractivity contribution in [2.75, 3.05) is 0 Å². The van der Waals surface area contributed by atoms with Gasteiger partial charge < -0.3 is 9.84 Å². The maximum absolute atomic E-state index is 11.0. The number of hydrogen-bond donors (Lipinski definition) is 1. The van der Waals surface area contributed by atoms with Crippen LogP contribution in [0.25, 0.3) is 0 Å². The number of carboxylic acids is 1. The largest absolute Gasteiger partial charge is 0.478 e. The van der Waals surface area contributed by atoms with Crippen LogP contribution in [0, 0.1) is 0 Å². The molecule has 2 aromatic rings. The first-order valence-electron chi connectivity index (χ1n) is 5.58. The lowest BCUT2D eigenvalue weighted by molar-refractivity contribution is 0.0696. The number of aromatic carboxylic acids is 1. The Morgan fingerprint density at radius 2 is 2.33 bits per heavy atom. The molecule has 0 radical (unpaired) electrons. The number of carbonyl (C=O) groups is 1. The Morgan fingerprint density at radius 3 is 2.94 bits per heavy atom. The van der Waals surface area contributed by atoms with E-state index in [1.54, 1.807) is 17.4 Å². The van der Waals surface area contributed by atoms with Crippen LogP contribution in [0.15, 0.2) is 29.6 Å². The fourth-order valence-electron chi connectivity index (χ4n) is 1.48. The molecule has 0 bridgehead atoms. The topological polar surface area (TPSA) is 59.4 Å². The molecule has 0 aliphatic carbocycles. The molecule has 2 rings (SSSR count). The fraction of sp³-hybridized carbons (Fsp3) is 0.231. The van der Waals surface area contributed by atoms with Crippen molar-refractivity contribution in [3.05, 3.63) is 45.8 Å². The first kappa shape index (κ1) is 12.6. The zero-order chi connectivity index (χ0) is 13.0. The summed E-state index contributed by atoms with van der Waals surface area (Å²) in [5.74, 6) is -0.603. The van der Waals surface area contributed by atoms with Crippen molar-refractivity contribution in [2.24, 2.45) is 0 Å². The average molecular weight is 263 g/mol. The highest BCUT2D eigenvalue weighted by molar-refractivity contribution is 7.09. The molecule has 18 heavy (non-hydrogen) atoms. The monoisotopic (exact) mass is 263 g/mol. The van der Waals surface area contributed by atoms with Crippen molar-refractivity contribution in [1.82, 2.24) is 4.98 Å². The predicted octanol–water partition coefficient (Wildman–Crippen LogP) is 2.98. The number of nitrogens with zero attached hydrogens (tertiary/aromatic N) is 1. The molecule has 2 aromatic heterocycles. The van der Waals surface area contributed by atoms with Crippen LogP contribution >= 0.6 is 11.3 Å². The molecule has 0 saturated carbocycles. The van der Waals surface area contributed by atoms with Gasteiger partial charge in [0.15, 0.2) is 0 Å². The summed E-state index contributed by atoms with van der Waals surface area (Å²) in [5.41, 5.74) is 0.930. The van der Waals surface area contributed by atoms with Gasteiger partial charge >= 0.3 is 5.97 Å². The molecule has 0 amide bonds. The van der Waals surface area contributed by atoms with Gasteiger partial charge in [-0.15, -0.1) is 11.3 Å². The smallest absolute Gasteiger partial charge is 0.335 e. The van der Waals surface area contributed by atoms with Crippen molar-refractivity contribution >= 4 is 17.3 Å². The molecule has 94 valence electrons. The van der Waals surface area contributed by atoms with Crippen molar-refractivity contribution in [3.63, 3.8) is 0 Å². The molecule has 1 N–H and O–H groups in total. The predicted molar refractivity (Wildman–Crippen MR) is 69.2 cm³/mol. The highest BCUT2D eigenvalue weighted by Gasteiger charge is 2.08. The van der Waals surface area contributed by atoms with Gasteiger partial charge in [0.05, 0.1) is 5.56 Å². The van der Waals surface area contributed by atoms with Gasteiger partial charge in [0.1, 0.15) is 6.61 Å². The Bertz CT molecular complexity index is 537. The molecule has 0 aromatic carbocycles. The molecule has 4 nitrogen and oxygen atoms in total. The highest BCUT2D eigenvalue weighted by atomic mass is 32.1. The second-order valence-corrected chi connectivity index (χ2v) is 4.74. The lowest BCUT2D eigenvalue weighted by atomic mass is 10.2. The Kier molecular flexibility index (Phi) is 3.94. The minimum absolute atomic E-state index is 0.211. The number of aromatic nitrogens is 1. The van der Waals surface area contributed by atoms with Gasteiger partial charge in [0, 0.05) is 16.6 Å². The van der Waals surface area contributed by atoms with E-state index in [9.17, 15) is 4.79 Å². The molecule has 0 atom stereocenters. The van der Waals surface area contributed by atoms with E-state index in [1.165, 1.54) is 6.07 Å². The highest BCUT2D eigenvalue weighted by Crippen LogP contribution is 2.16. The number of aryl methyl sites for hydroxylation is 1. The first-order valence-corrected chi connectivity index (χ1v) is 6.46. The Morgan fingerprint density at radius 1 is 1.50 bits per heavy atom. The molecular formula is C13H13NO3S.